The average Bonchev–Trinajstić information content (AvgIpc) is 3.03. The normalized spacial score (nSPS) is 21.4. The van der Waals surface area contributed by atoms with E-state index >= 15 is 0 Å². The maximum Gasteiger partial charge on any atom is 0.115 e. The van der Waals surface area contributed by atoms with Crippen LogP contribution in [0.3, 0.4) is 0 Å². The van der Waals surface area contributed by atoms with Gasteiger partial charge in [0.2, 0.25) is 0 Å². The number of aromatic nitrogens is 4. The number of nitrogens with zero attached hydrogens (tertiary/aromatic N) is 3. The zero-order chi connectivity index (χ0) is 15.6. The van der Waals surface area contributed by atoms with Crippen LogP contribution in [0.25, 0.3) is 11.0 Å². The van der Waals surface area contributed by atoms with E-state index < -0.39 is 0 Å². The van der Waals surface area contributed by atoms with E-state index in [9.17, 15) is 0 Å². The number of fused-ring (bicyclic) bond motifs is 1. The molecule has 0 bridgehead atoms. The van der Waals surface area contributed by atoms with Crippen molar-refractivity contribution in [2.75, 3.05) is 5.32 Å². The molecule has 0 amide bonds. The molecule has 1 aliphatic rings. The highest BCUT2D eigenvalue weighted by molar-refractivity contribution is 5.77. The van der Waals surface area contributed by atoms with Crippen molar-refractivity contribution in [3.8, 4) is 0 Å². The molecule has 1 aromatic carbocycles. The minimum absolute atomic E-state index is 0.486. The van der Waals surface area contributed by atoms with E-state index in [1.54, 1.807) is 0 Å². The predicted molar refractivity (Wildman–Crippen MR) is 91.5 cm³/mol. The molecule has 0 spiro atoms. The highest BCUT2D eigenvalue weighted by atomic mass is 15.3. The lowest BCUT2D eigenvalue weighted by Crippen LogP contribution is -2.27. The monoisotopic (exact) mass is 307 g/mol. The summed E-state index contributed by atoms with van der Waals surface area (Å²) in [7, 11) is 0. The van der Waals surface area contributed by atoms with Crippen molar-refractivity contribution >= 4 is 16.7 Å². The number of nitrogens with one attached hydrogen (secondary N) is 2. The van der Waals surface area contributed by atoms with Gasteiger partial charge in [0, 0.05) is 29.5 Å². The van der Waals surface area contributed by atoms with E-state index in [4.69, 9.17) is 0 Å². The second-order valence-electron chi connectivity index (χ2n) is 6.44. The fourth-order valence-corrected chi connectivity index (χ4v) is 3.66. The minimum Gasteiger partial charge on any atom is -0.382 e. The SMILES string of the molecule is Cc1cccnc1C1CCCC(Nc2ccc3n[nH]nc3c2)C1. The maximum absolute atomic E-state index is 4.63. The maximum atomic E-state index is 4.63. The van der Waals surface area contributed by atoms with Crippen LogP contribution in [-0.4, -0.2) is 26.4 Å². The minimum atomic E-state index is 0.486. The molecule has 5 nitrogen and oxygen atoms in total. The van der Waals surface area contributed by atoms with Crippen LogP contribution in [0.15, 0.2) is 36.5 Å². The molecule has 2 heterocycles. The molecule has 1 aliphatic carbocycles. The number of anilines is 1. The van der Waals surface area contributed by atoms with Crippen molar-refractivity contribution in [3.05, 3.63) is 47.8 Å². The fraction of sp³-hybridized carbons (Fsp3) is 0.389. The lowest BCUT2D eigenvalue weighted by atomic mass is 9.82. The fourth-order valence-electron chi connectivity index (χ4n) is 3.66. The second-order valence-corrected chi connectivity index (χ2v) is 6.44. The highest BCUT2D eigenvalue weighted by Gasteiger charge is 2.25. The molecular weight excluding hydrogens is 286 g/mol. The quantitative estimate of drug-likeness (QED) is 0.772. The van der Waals surface area contributed by atoms with Crippen molar-refractivity contribution in [2.24, 2.45) is 0 Å². The number of aromatic amines is 1. The number of rotatable bonds is 3. The molecule has 1 fully saturated rings. The van der Waals surface area contributed by atoms with Gasteiger partial charge in [0.25, 0.3) is 0 Å². The number of hydrogen-bond donors (Lipinski definition) is 2. The number of hydrogen-bond acceptors (Lipinski definition) is 4. The Morgan fingerprint density at radius 2 is 2.04 bits per heavy atom. The summed E-state index contributed by atoms with van der Waals surface area (Å²) in [6.45, 7) is 2.16. The number of benzene rings is 1. The van der Waals surface area contributed by atoms with Crippen LogP contribution in [0.1, 0.15) is 42.9 Å². The molecule has 2 aromatic heterocycles. The molecule has 1 saturated carbocycles. The van der Waals surface area contributed by atoms with Crippen molar-refractivity contribution in [2.45, 2.75) is 44.6 Å². The van der Waals surface area contributed by atoms with Crippen LogP contribution < -0.4 is 5.32 Å². The highest BCUT2D eigenvalue weighted by Crippen LogP contribution is 2.34. The lowest BCUT2D eigenvalue weighted by molar-refractivity contribution is 0.404. The first-order chi connectivity index (χ1) is 11.3. The Balaban J connectivity index is 1.50. The van der Waals surface area contributed by atoms with E-state index in [1.165, 1.54) is 30.5 Å². The van der Waals surface area contributed by atoms with Gasteiger partial charge in [-0.1, -0.05) is 12.5 Å². The third-order valence-electron chi connectivity index (χ3n) is 4.80. The van der Waals surface area contributed by atoms with E-state index in [1.807, 2.05) is 18.3 Å². The molecule has 0 aliphatic heterocycles. The Morgan fingerprint density at radius 1 is 1.13 bits per heavy atom. The molecule has 2 N–H and O–H groups in total. The van der Waals surface area contributed by atoms with Gasteiger partial charge in [-0.2, -0.15) is 15.4 Å². The number of H-pyrrole nitrogens is 1. The Labute approximate surface area is 135 Å². The lowest BCUT2D eigenvalue weighted by Gasteiger charge is -2.30. The van der Waals surface area contributed by atoms with Gasteiger partial charge in [-0.3, -0.25) is 4.98 Å². The van der Waals surface area contributed by atoms with Gasteiger partial charge in [-0.15, -0.1) is 0 Å². The Bertz CT molecular complexity index is 810. The third kappa shape index (κ3) is 2.91. The van der Waals surface area contributed by atoms with Crippen LogP contribution in [0.4, 0.5) is 5.69 Å². The topological polar surface area (TPSA) is 66.5 Å². The largest absolute Gasteiger partial charge is 0.382 e. The first kappa shape index (κ1) is 14.2. The molecule has 0 saturated heterocycles. The summed E-state index contributed by atoms with van der Waals surface area (Å²) in [6, 6.07) is 10.8. The van der Waals surface area contributed by atoms with Crippen molar-refractivity contribution in [3.63, 3.8) is 0 Å². The average molecular weight is 307 g/mol. The molecule has 2 atom stereocenters. The van der Waals surface area contributed by atoms with Crippen molar-refractivity contribution in [1.29, 1.82) is 0 Å². The Hall–Kier alpha value is -2.43. The molecule has 3 aromatic rings. The van der Waals surface area contributed by atoms with Gasteiger partial charge in [-0.25, -0.2) is 0 Å². The van der Waals surface area contributed by atoms with Crippen LogP contribution in [-0.2, 0) is 0 Å². The van der Waals surface area contributed by atoms with Crippen LogP contribution in [0, 0.1) is 6.92 Å². The summed E-state index contributed by atoms with van der Waals surface area (Å²) in [6.07, 6.45) is 6.73. The first-order valence-electron chi connectivity index (χ1n) is 8.28. The zero-order valence-corrected chi connectivity index (χ0v) is 13.3. The smallest absolute Gasteiger partial charge is 0.115 e. The van der Waals surface area contributed by atoms with Crippen molar-refractivity contribution in [1.82, 2.24) is 20.4 Å². The Morgan fingerprint density at radius 3 is 2.96 bits per heavy atom. The van der Waals surface area contributed by atoms with Gasteiger partial charge >= 0.3 is 0 Å². The molecule has 23 heavy (non-hydrogen) atoms. The standard InChI is InChI=1S/C18H21N5/c1-12-4-3-9-19-18(12)13-5-2-6-14(10-13)20-15-7-8-16-17(11-15)22-23-21-16/h3-4,7-9,11,13-14,20H,2,5-6,10H2,1H3,(H,21,22,23). The first-order valence-corrected chi connectivity index (χ1v) is 8.28. The summed E-state index contributed by atoms with van der Waals surface area (Å²) in [5, 5.41) is 14.6. The summed E-state index contributed by atoms with van der Waals surface area (Å²) >= 11 is 0. The molecule has 2 unspecified atom stereocenters. The molecular formula is C18H21N5. The van der Waals surface area contributed by atoms with Crippen molar-refractivity contribution < 1.29 is 0 Å². The summed E-state index contributed by atoms with van der Waals surface area (Å²) in [5.74, 6) is 0.554. The summed E-state index contributed by atoms with van der Waals surface area (Å²) in [4.78, 5) is 4.63. The van der Waals surface area contributed by atoms with E-state index in [0.29, 0.717) is 12.0 Å². The zero-order valence-electron chi connectivity index (χ0n) is 13.3. The van der Waals surface area contributed by atoms with E-state index in [0.717, 1.165) is 23.1 Å². The predicted octanol–water partition coefficient (Wildman–Crippen LogP) is 3.80. The molecule has 118 valence electrons. The van der Waals surface area contributed by atoms with Gasteiger partial charge in [0.15, 0.2) is 0 Å². The van der Waals surface area contributed by atoms with Crippen LogP contribution in [0.5, 0.6) is 0 Å². The number of pyridine rings is 1. The molecule has 0 radical (unpaired) electrons. The van der Waals surface area contributed by atoms with Crippen LogP contribution >= 0.6 is 0 Å². The summed E-state index contributed by atoms with van der Waals surface area (Å²) < 4.78 is 0. The number of aryl methyl sites for hydroxylation is 1. The van der Waals surface area contributed by atoms with Gasteiger partial charge in [0.1, 0.15) is 11.0 Å². The second kappa shape index (κ2) is 5.99. The van der Waals surface area contributed by atoms with Gasteiger partial charge in [0.05, 0.1) is 0 Å². The molecule has 4 rings (SSSR count). The summed E-state index contributed by atoms with van der Waals surface area (Å²) in [5.41, 5.74) is 5.51. The van der Waals surface area contributed by atoms with Gasteiger partial charge in [-0.05, 0) is 56.0 Å². The Kier molecular flexibility index (Phi) is 3.69. The van der Waals surface area contributed by atoms with Crippen LogP contribution in [0.2, 0.25) is 0 Å². The van der Waals surface area contributed by atoms with E-state index in [-0.39, 0.29) is 0 Å². The molecule has 5 heteroatoms. The van der Waals surface area contributed by atoms with E-state index in [2.05, 4.69) is 50.8 Å². The third-order valence-corrected chi connectivity index (χ3v) is 4.80. The van der Waals surface area contributed by atoms with Gasteiger partial charge < -0.3 is 5.32 Å².